The normalized spacial score (nSPS) is 50.5. The molecule has 5 N–H and O–H groups in total. The molecule has 0 aromatic heterocycles. The molecule has 3 saturated heterocycles. The third-order valence-electron chi connectivity index (χ3n) is 16.3. The molecule has 7 rings (SSSR count). The predicted octanol–water partition coefficient (Wildman–Crippen LogP) is 2.81. The Hall–Kier alpha value is -2.56. The monoisotopic (exact) mass is 793 g/mol. The summed E-state index contributed by atoms with van der Waals surface area (Å²) in [5.41, 5.74) is -9.44. The van der Waals surface area contributed by atoms with Gasteiger partial charge < -0.3 is 49.2 Å². The predicted molar refractivity (Wildman–Crippen MR) is 196 cm³/mol. The van der Waals surface area contributed by atoms with Crippen molar-refractivity contribution in [2.45, 2.75) is 172 Å². The van der Waals surface area contributed by atoms with Crippen LogP contribution in [0.4, 0.5) is 4.79 Å². The molecule has 4 saturated carbocycles. The van der Waals surface area contributed by atoms with Crippen LogP contribution in [0.15, 0.2) is 0 Å². The molecule has 7 aliphatic rings. The first-order valence-corrected chi connectivity index (χ1v) is 20.7. The van der Waals surface area contributed by atoms with Crippen LogP contribution in [0.1, 0.15) is 107 Å². The van der Waals surface area contributed by atoms with E-state index in [4.69, 9.17) is 23.7 Å². The fourth-order valence-electron chi connectivity index (χ4n) is 13.5. The van der Waals surface area contributed by atoms with Gasteiger partial charge in [-0.2, -0.15) is 0 Å². The molecule has 3 aliphatic heterocycles. The molecule has 0 aromatic rings. The van der Waals surface area contributed by atoms with Gasteiger partial charge in [-0.3, -0.25) is 14.5 Å². The summed E-state index contributed by atoms with van der Waals surface area (Å²) in [6.45, 7) is 16.3. The lowest BCUT2D eigenvalue weighted by atomic mass is 9.47. The number of aliphatic hydroxyl groups excluding tert-OH is 1. The summed E-state index contributed by atoms with van der Waals surface area (Å²) in [5.74, 6) is -7.07. The molecule has 4 bridgehead atoms. The molecule has 0 amide bonds. The van der Waals surface area contributed by atoms with Gasteiger partial charge in [-0.05, 0) is 83.5 Å². The van der Waals surface area contributed by atoms with E-state index in [-0.39, 0.29) is 25.3 Å². The van der Waals surface area contributed by atoms with Crippen LogP contribution in [-0.2, 0) is 38.1 Å². The Morgan fingerprint density at radius 1 is 0.964 bits per heavy atom. The van der Waals surface area contributed by atoms with Gasteiger partial charge >= 0.3 is 24.1 Å². The van der Waals surface area contributed by atoms with Crippen LogP contribution in [0.25, 0.3) is 0 Å². The highest BCUT2D eigenvalue weighted by Crippen LogP contribution is 2.78. The SMILES string of the molecule is CCC(C)C(=O)O[C@H]1[C@H](O)C2C(CN3C[C@@H](C)CC[C@H]3[C@@]2(C)O)C2C[C@]34O[C@@]5(C)C([C@@H](OC(=O)O)[C@@H](OC(C)=O)C3[C@@]21O)[C@]4(C)CC[C@@H]5OC(=O)C(C)(O)CC. The summed E-state index contributed by atoms with van der Waals surface area (Å²) in [6, 6.07) is -0.297. The molecule has 0 aromatic carbocycles. The zero-order valence-electron chi connectivity index (χ0n) is 34.2. The topological polar surface area (TPSA) is 219 Å². The Balaban J connectivity index is 1.45. The third-order valence-corrected chi connectivity index (χ3v) is 16.3. The number of aliphatic hydroxyl groups is 4. The lowest BCUT2D eigenvalue weighted by Gasteiger charge is -2.64. The van der Waals surface area contributed by atoms with Gasteiger partial charge in [0.2, 0.25) is 0 Å². The van der Waals surface area contributed by atoms with Crippen LogP contribution in [0.3, 0.4) is 0 Å². The number of nitrogens with zero attached hydrogens (tertiary/aromatic N) is 1. The highest BCUT2D eigenvalue weighted by molar-refractivity contribution is 5.79. The molecule has 15 nitrogen and oxygen atoms in total. The second kappa shape index (κ2) is 13.5. The third kappa shape index (κ3) is 5.56. The molecular weight excluding hydrogens is 730 g/mol. The quantitative estimate of drug-likeness (QED) is 0.176. The van der Waals surface area contributed by atoms with Crippen molar-refractivity contribution in [1.82, 2.24) is 4.90 Å². The molecule has 0 radical (unpaired) electrons. The maximum atomic E-state index is 13.9. The molecule has 19 atom stereocenters. The van der Waals surface area contributed by atoms with Gasteiger partial charge in [0.1, 0.15) is 29.5 Å². The molecule has 7 fully saturated rings. The number of carbonyl (C=O) groups excluding carboxylic acids is 3. The number of rotatable bonds is 8. The molecule has 316 valence electrons. The first kappa shape index (κ1) is 41.6. The van der Waals surface area contributed by atoms with E-state index in [1.165, 1.54) is 13.8 Å². The summed E-state index contributed by atoms with van der Waals surface area (Å²) in [4.78, 5) is 55.3. The number of esters is 3. The van der Waals surface area contributed by atoms with Crippen molar-refractivity contribution in [2.75, 3.05) is 13.1 Å². The van der Waals surface area contributed by atoms with Crippen molar-refractivity contribution >= 4 is 24.1 Å². The van der Waals surface area contributed by atoms with Crippen LogP contribution < -0.4 is 0 Å². The van der Waals surface area contributed by atoms with E-state index >= 15 is 0 Å². The van der Waals surface area contributed by atoms with Crippen molar-refractivity contribution < 1.29 is 68.4 Å². The minimum Gasteiger partial charge on any atom is -0.458 e. The highest BCUT2D eigenvalue weighted by Gasteiger charge is 2.89. The van der Waals surface area contributed by atoms with Crippen LogP contribution >= 0.6 is 0 Å². The second-order valence-corrected chi connectivity index (χ2v) is 19.5. The van der Waals surface area contributed by atoms with E-state index < -0.39 is 124 Å². The van der Waals surface area contributed by atoms with Gasteiger partial charge in [0.05, 0.1) is 29.1 Å². The summed E-state index contributed by atoms with van der Waals surface area (Å²) in [5, 5.41) is 60.3. The van der Waals surface area contributed by atoms with Crippen LogP contribution in [-0.4, -0.2) is 132 Å². The molecule has 3 heterocycles. The van der Waals surface area contributed by atoms with Gasteiger partial charge in [0.25, 0.3) is 0 Å². The van der Waals surface area contributed by atoms with Gasteiger partial charge in [0.15, 0.2) is 11.7 Å². The van der Waals surface area contributed by atoms with Crippen molar-refractivity contribution in [2.24, 2.45) is 46.8 Å². The number of hydrogen-bond acceptors (Lipinski definition) is 14. The molecule has 7 unspecified atom stereocenters. The van der Waals surface area contributed by atoms with Crippen molar-refractivity contribution in [1.29, 1.82) is 0 Å². The standard InChI is InChI=1S/C41H63NO14/c1-10-20(4)33(45)55-32-27(44)26-22(18-42-17-19(3)12-13-24(42)38(26,8)50)23-16-40-31(41(23,32)51)29(52-21(5)43)28(54-35(47)48)30-36(40,6)15-14-25(39(30,9)56-40)53-34(46)37(7,49)11-2/h19-20,22-32,44,49-51H,10-18H2,1-9H3,(H,47,48)/t19-,20?,22?,23?,24-,25-,26?,27+,28-,29+,30?,31?,32-,36-,37?,38+,39+,40-,41-/m0/s1. The lowest BCUT2D eigenvalue weighted by Crippen LogP contribution is -2.78. The molecular formula is C41H63NO14. The molecule has 15 heteroatoms. The Kier molecular flexibility index (Phi) is 10.0. The van der Waals surface area contributed by atoms with Gasteiger partial charge in [0, 0.05) is 43.3 Å². The maximum Gasteiger partial charge on any atom is 0.506 e. The van der Waals surface area contributed by atoms with Crippen LogP contribution in [0, 0.1) is 46.8 Å². The molecule has 4 aliphatic carbocycles. The minimum atomic E-state index is -2.20. The van der Waals surface area contributed by atoms with E-state index in [1.807, 2.05) is 13.8 Å². The van der Waals surface area contributed by atoms with E-state index in [0.717, 1.165) is 6.42 Å². The number of ether oxygens (including phenoxy) is 5. The van der Waals surface area contributed by atoms with Crippen molar-refractivity contribution in [3.63, 3.8) is 0 Å². The first-order chi connectivity index (χ1) is 26.0. The van der Waals surface area contributed by atoms with E-state index in [2.05, 4.69) is 11.8 Å². The zero-order chi connectivity index (χ0) is 41.3. The number of fused-ring (bicyclic) bond motifs is 5. The summed E-state index contributed by atoms with van der Waals surface area (Å²) in [7, 11) is 0. The van der Waals surface area contributed by atoms with Crippen molar-refractivity contribution in [3.8, 4) is 0 Å². The van der Waals surface area contributed by atoms with Crippen LogP contribution in [0.5, 0.6) is 0 Å². The smallest absolute Gasteiger partial charge is 0.458 e. The average molecular weight is 794 g/mol. The first-order valence-electron chi connectivity index (χ1n) is 20.7. The number of piperidine rings is 2. The van der Waals surface area contributed by atoms with E-state index in [9.17, 15) is 44.7 Å². The van der Waals surface area contributed by atoms with Gasteiger partial charge in [-0.1, -0.05) is 34.6 Å². The Morgan fingerprint density at radius 3 is 2.23 bits per heavy atom. The van der Waals surface area contributed by atoms with Crippen molar-refractivity contribution in [3.05, 3.63) is 0 Å². The Bertz CT molecular complexity index is 1620. The highest BCUT2D eigenvalue weighted by atomic mass is 16.7. The van der Waals surface area contributed by atoms with Gasteiger partial charge in [-0.25, -0.2) is 9.59 Å². The second-order valence-electron chi connectivity index (χ2n) is 19.5. The van der Waals surface area contributed by atoms with Crippen LogP contribution in [0.2, 0.25) is 0 Å². The fraction of sp³-hybridized carbons (Fsp3) is 0.902. The number of carbonyl (C=O) groups is 4. The number of hydrogen-bond donors (Lipinski definition) is 5. The average Bonchev–Trinajstić information content (AvgIpc) is 3.40. The fourth-order valence-corrected chi connectivity index (χ4v) is 13.5. The maximum absolute atomic E-state index is 13.9. The van der Waals surface area contributed by atoms with E-state index in [0.29, 0.717) is 38.3 Å². The molecule has 56 heavy (non-hydrogen) atoms. The van der Waals surface area contributed by atoms with E-state index in [1.54, 1.807) is 27.7 Å². The zero-order valence-corrected chi connectivity index (χ0v) is 34.2. The largest absolute Gasteiger partial charge is 0.506 e. The molecule has 1 spiro atoms. The number of carboxylic acid groups (broad SMARTS) is 1. The minimum absolute atomic E-state index is 0.0688. The Morgan fingerprint density at radius 2 is 1.62 bits per heavy atom. The summed E-state index contributed by atoms with van der Waals surface area (Å²) >= 11 is 0. The summed E-state index contributed by atoms with van der Waals surface area (Å²) in [6.07, 6.45) is -6.15. The summed E-state index contributed by atoms with van der Waals surface area (Å²) < 4.78 is 31.5. The van der Waals surface area contributed by atoms with Gasteiger partial charge in [-0.15, -0.1) is 0 Å². The lowest BCUT2D eigenvalue weighted by molar-refractivity contribution is -0.300. The Labute approximate surface area is 328 Å².